The zero-order valence-electron chi connectivity index (χ0n) is 7.91. The molecule has 2 heteroatoms. The SMILES string of the molecule is C=CC[SiH2]CCOc1ccccc1. The van der Waals surface area contributed by atoms with Gasteiger partial charge in [-0.15, -0.1) is 6.58 Å². The van der Waals surface area contributed by atoms with Crippen LogP contribution in [0.2, 0.25) is 12.1 Å². The second-order valence-electron chi connectivity index (χ2n) is 2.95. The van der Waals surface area contributed by atoms with Gasteiger partial charge in [0.2, 0.25) is 0 Å². The lowest BCUT2D eigenvalue weighted by atomic mass is 10.3. The van der Waals surface area contributed by atoms with E-state index in [9.17, 15) is 0 Å². The summed E-state index contributed by atoms with van der Waals surface area (Å²) in [4.78, 5) is 0. The zero-order valence-corrected chi connectivity index (χ0v) is 9.32. The Balaban J connectivity index is 2.10. The van der Waals surface area contributed by atoms with Gasteiger partial charge in [0, 0.05) is 9.52 Å². The van der Waals surface area contributed by atoms with Crippen molar-refractivity contribution >= 4 is 9.52 Å². The number of hydrogen-bond donors (Lipinski definition) is 0. The van der Waals surface area contributed by atoms with Gasteiger partial charge >= 0.3 is 0 Å². The molecule has 13 heavy (non-hydrogen) atoms. The van der Waals surface area contributed by atoms with E-state index >= 15 is 0 Å². The summed E-state index contributed by atoms with van der Waals surface area (Å²) in [6.07, 6.45) is 2.01. The number of para-hydroxylation sites is 1. The first-order valence-electron chi connectivity index (χ1n) is 4.72. The second kappa shape index (κ2) is 6.49. The third-order valence-corrected chi connectivity index (χ3v) is 3.42. The molecule has 70 valence electrons. The molecule has 1 rings (SSSR count). The van der Waals surface area contributed by atoms with E-state index in [1.165, 1.54) is 12.1 Å². The van der Waals surface area contributed by atoms with Gasteiger partial charge in [-0.2, -0.15) is 0 Å². The highest BCUT2D eigenvalue weighted by atomic mass is 28.2. The molecule has 0 radical (unpaired) electrons. The number of hydrogen-bond acceptors (Lipinski definition) is 1. The van der Waals surface area contributed by atoms with Crippen molar-refractivity contribution in [2.45, 2.75) is 12.1 Å². The maximum atomic E-state index is 5.55. The Labute approximate surface area is 82.3 Å². The Bertz CT molecular complexity index is 233. The highest BCUT2D eigenvalue weighted by Crippen LogP contribution is 2.08. The second-order valence-corrected chi connectivity index (χ2v) is 4.94. The van der Waals surface area contributed by atoms with E-state index in [0.29, 0.717) is 0 Å². The normalized spacial score (nSPS) is 10.5. The van der Waals surface area contributed by atoms with Crippen LogP contribution in [0.1, 0.15) is 0 Å². The molecule has 0 spiro atoms. The van der Waals surface area contributed by atoms with Crippen LogP contribution >= 0.6 is 0 Å². The highest BCUT2D eigenvalue weighted by Gasteiger charge is 1.90. The molecule has 0 saturated carbocycles. The van der Waals surface area contributed by atoms with Crippen LogP contribution in [-0.4, -0.2) is 16.1 Å². The Morgan fingerprint density at radius 2 is 2.08 bits per heavy atom. The topological polar surface area (TPSA) is 9.23 Å². The smallest absolute Gasteiger partial charge is 0.119 e. The zero-order chi connectivity index (χ0) is 9.36. The van der Waals surface area contributed by atoms with Crippen LogP contribution in [0, 0.1) is 0 Å². The minimum Gasteiger partial charge on any atom is -0.494 e. The number of benzene rings is 1. The standard InChI is InChI=1S/C11H16OSi/c1-2-9-13-10-8-12-11-6-4-3-5-7-11/h2-7H,1,8-10,13H2. The average Bonchev–Trinajstić information content (AvgIpc) is 2.19. The lowest BCUT2D eigenvalue weighted by molar-refractivity contribution is 0.340. The van der Waals surface area contributed by atoms with Crippen LogP contribution in [0.5, 0.6) is 5.75 Å². The van der Waals surface area contributed by atoms with Crippen molar-refractivity contribution in [1.29, 1.82) is 0 Å². The average molecular weight is 192 g/mol. The van der Waals surface area contributed by atoms with Crippen molar-refractivity contribution in [3.63, 3.8) is 0 Å². The van der Waals surface area contributed by atoms with Gasteiger partial charge in [0.15, 0.2) is 0 Å². The van der Waals surface area contributed by atoms with Crippen LogP contribution in [0.15, 0.2) is 43.0 Å². The number of ether oxygens (including phenoxy) is 1. The van der Waals surface area contributed by atoms with Crippen molar-refractivity contribution in [3.8, 4) is 5.75 Å². The van der Waals surface area contributed by atoms with Gasteiger partial charge in [0.05, 0.1) is 6.61 Å². The van der Waals surface area contributed by atoms with Crippen LogP contribution < -0.4 is 4.74 Å². The van der Waals surface area contributed by atoms with Crippen molar-refractivity contribution in [2.75, 3.05) is 6.61 Å². The maximum absolute atomic E-state index is 5.55. The van der Waals surface area contributed by atoms with Crippen LogP contribution in [0.3, 0.4) is 0 Å². The summed E-state index contributed by atoms with van der Waals surface area (Å²) in [5, 5.41) is 0. The fraction of sp³-hybridized carbons (Fsp3) is 0.273. The summed E-state index contributed by atoms with van der Waals surface area (Å²) < 4.78 is 5.55. The molecular formula is C11H16OSi. The molecular weight excluding hydrogens is 176 g/mol. The van der Waals surface area contributed by atoms with Crippen LogP contribution in [0.25, 0.3) is 0 Å². The van der Waals surface area contributed by atoms with E-state index in [1.54, 1.807) is 0 Å². The molecule has 0 fully saturated rings. The Morgan fingerprint density at radius 1 is 1.31 bits per heavy atom. The Hall–Kier alpha value is -1.02. The van der Waals surface area contributed by atoms with E-state index < -0.39 is 0 Å². The van der Waals surface area contributed by atoms with Crippen molar-refractivity contribution in [2.24, 2.45) is 0 Å². The first kappa shape index (κ1) is 10.1. The number of allylic oxidation sites excluding steroid dienone is 1. The molecule has 0 aliphatic carbocycles. The van der Waals surface area contributed by atoms with Gasteiger partial charge in [-0.3, -0.25) is 0 Å². The lowest BCUT2D eigenvalue weighted by Gasteiger charge is -2.03. The van der Waals surface area contributed by atoms with Gasteiger partial charge in [-0.05, 0) is 24.2 Å². The predicted molar refractivity (Wildman–Crippen MR) is 60.3 cm³/mol. The fourth-order valence-corrected chi connectivity index (χ4v) is 2.02. The lowest BCUT2D eigenvalue weighted by Crippen LogP contribution is -2.00. The predicted octanol–water partition coefficient (Wildman–Crippen LogP) is 2.26. The van der Waals surface area contributed by atoms with E-state index in [1.807, 2.05) is 36.4 Å². The van der Waals surface area contributed by atoms with E-state index in [2.05, 4.69) is 6.58 Å². The molecule has 1 aromatic rings. The summed E-state index contributed by atoms with van der Waals surface area (Å²) in [5.74, 6) is 0.982. The Morgan fingerprint density at radius 3 is 2.77 bits per heavy atom. The minimum atomic E-state index is 0.0524. The third kappa shape index (κ3) is 4.53. The maximum Gasteiger partial charge on any atom is 0.119 e. The van der Waals surface area contributed by atoms with Gasteiger partial charge in [0.1, 0.15) is 5.75 Å². The molecule has 1 aromatic carbocycles. The first-order valence-corrected chi connectivity index (χ1v) is 6.72. The highest BCUT2D eigenvalue weighted by molar-refractivity contribution is 6.36. The molecule has 0 saturated heterocycles. The molecule has 1 nitrogen and oxygen atoms in total. The number of rotatable bonds is 6. The summed E-state index contributed by atoms with van der Waals surface area (Å²) in [6.45, 7) is 4.58. The summed E-state index contributed by atoms with van der Waals surface area (Å²) in [7, 11) is 0.0524. The summed E-state index contributed by atoms with van der Waals surface area (Å²) in [5.41, 5.74) is 0. The van der Waals surface area contributed by atoms with Gasteiger partial charge in [-0.25, -0.2) is 0 Å². The van der Waals surface area contributed by atoms with Crippen LogP contribution in [-0.2, 0) is 0 Å². The molecule has 0 heterocycles. The van der Waals surface area contributed by atoms with Gasteiger partial charge in [0.25, 0.3) is 0 Å². The monoisotopic (exact) mass is 192 g/mol. The van der Waals surface area contributed by atoms with Gasteiger partial charge in [-0.1, -0.05) is 24.3 Å². The molecule has 0 aliphatic heterocycles. The molecule has 0 aliphatic rings. The third-order valence-electron chi connectivity index (χ3n) is 1.81. The molecule has 0 N–H and O–H groups in total. The first-order chi connectivity index (χ1) is 6.43. The molecule has 0 aromatic heterocycles. The fourth-order valence-electron chi connectivity index (χ4n) is 1.10. The van der Waals surface area contributed by atoms with Crippen molar-refractivity contribution in [3.05, 3.63) is 43.0 Å². The Kier molecular flexibility index (Phi) is 5.02. The summed E-state index contributed by atoms with van der Waals surface area (Å²) in [6, 6.07) is 12.4. The van der Waals surface area contributed by atoms with E-state index in [-0.39, 0.29) is 9.52 Å². The van der Waals surface area contributed by atoms with Gasteiger partial charge < -0.3 is 4.74 Å². The minimum absolute atomic E-state index is 0.0524. The molecule has 0 unspecified atom stereocenters. The molecule has 0 atom stereocenters. The van der Waals surface area contributed by atoms with Crippen LogP contribution in [0.4, 0.5) is 0 Å². The van der Waals surface area contributed by atoms with E-state index in [0.717, 1.165) is 12.4 Å². The molecule has 0 amide bonds. The van der Waals surface area contributed by atoms with Crippen molar-refractivity contribution < 1.29 is 4.74 Å². The summed E-state index contributed by atoms with van der Waals surface area (Å²) >= 11 is 0. The largest absolute Gasteiger partial charge is 0.494 e. The quantitative estimate of drug-likeness (QED) is 0.382. The molecule has 0 bridgehead atoms. The van der Waals surface area contributed by atoms with Crippen molar-refractivity contribution in [1.82, 2.24) is 0 Å². The van der Waals surface area contributed by atoms with E-state index in [4.69, 9.17) is 4.74 Å².